The average Bonchev–Trinajstić information content (AvgIpc) is 1.61. The highest BCUT2D eigenvalue weighted by molar-refractivity contribution is 5.86. The van der Waals surface area contributed by atoms with Crippen LogP contribution in [0.3, 0.4) is 0 Å². The van der Waals surface area contributed by atoms with E-state index in [0.717, 1.165) is 154 Å². The molecular weight excluding hydrogens is 1700 g/mol. The fourth-order valence-electron chi connectivity index (χ4n) is 18.7. The fraction of sp³-hybridized carbons (Fsp3) is 0.417. The van der Waals surface area contributed by atoms with Crippen LogP contribution in [0.2, 0.25) is 0 Å². The van der Waals surface area contributed by atoms with Gasteiger partial charge < -0.3 is 54.6 Å². The van der Waals surface area contributed by atoms with Gasteiger partial charge in [0.25, 0.3) is 34.1 Å². The molecule has 12 heterocycles. The molecule has 132 heavy (non-hydrogen) atoms. The van der Waals surface area contributed by atoms with Crippen LogP contribution in [0.25, 0.3) is 90.4 Å². The highest BCUT2D eigenvalue weighted by atomic mass is 19.4. The topological polar surface area (TPSA) is 391 Å². The summed E-state index contributed by atoms with van der Waals surface area (Å²) in [6.45, 7) is 9.30. The molecule has 36 heteroatoms. The number of halogens is 5. The molecule has 6 fully saturated rings. The van der Waals surface area contributed by atoms with Crippen molar-refractivity contribution in [2.45, 2.75) is 166 Å². The van der Waals surface area contributed by atoms with Crippen molar-refractivity contribution in [3.8, 4) is 46.3 Å². The number of benzene rings is 6. The number of carbonyl (C=O) groups excluding carboxylic acids is 4. The van der Waals surface area contributed by atoms with Crippen molar-refractivity contribution in [2.75, 3.05) is 66.5 Å². The number of piperidine rings is 4. The van der Waals surface area contributed by atoms with Crippen LogP contribution in [0, 0.1) is 35.3 Å². The number of aromatic amines is 8. The van der Waals surface area contributed by atoms with Crippen molar-refractivity contribution in [3.63, 3.8) is 0 Å². The number of nitrogens with zero attached hydrogens (tertiary/aromatic N) is 13. The number of amides is 5. The van der Waals surface area contributed by atoms with Gasteiger partial charge in [-0.1, -0.05) is 48.5 Å². The lowest BCUT2D eigenvalue weighted by molar-refractivity contribution is -0.250. The maximum atomic E-state index is 13.6. The maximum Gasteiger partial charge on any atom is 0.426 e. The van der Waals surface area contributed by atoms with Crippen molar-refractivity contribution >= 4 is 67.9 Å². The first kappa shape index (κ1) is 90.4. The van der Waals surface area contributed by atoms with Crippen LogP contribution in [0.15, 0.2) is 165 Å². The van der Waals surface area contributed by atoms with E-state index in [9.17, 15) is 70.5 Å². The summed E-state index contributed by atoms with van der Waals surface area (Å²) in [6.07, 6.45) is 8.74. The molecule has 4 saturated heterocycles. The van der Waals surface area contributed by atoms with Gasteiger partial charge in [-0.15, -0.1) is 0 Å². The maximum absolute atomic E-state index is 13.6. The van der Waals surface area contributed by atoms with Gasteiger partial charge in [0.15, 0.2) is 0 Å². The molecule has 14 aromatic rings. The highest BCUT2D eigenvalue weighted by Crippen LogP contribution is 2.43. The molecule has 0 radical (unpaired) electrons. The second-order valence-corrected chi connectivity index (χ2v) is 36.8. The Balaban J connectivity index is 0.000000123. The first-order chi connectivity index (χ1) is 63.3. The number of H-pyrrole nitrogens is 8. The second kappa shape index (κ2) is 37.4. The molecule has 4 aliphatic heterocycles. The molecule has 5 amide bonds. The van der Waals surface area contributed by atoms with Crippen molar-refractivity contribution in [1.29, 1.82) is 0 Å². The predicted octanol–water partition coefficient (Wildman–Crippen LogP) is 13.3. The first-order valence-corrected chi connectivity index (χ1v) is 45.3. The van der Waals surface area contributed by atoms with Crippen LogP contribution in [0.5, 0.6) is 0 Å². The van der Waals surface area contributed by atoms with Gasteiger partial charge in [-0.3, -0.25) is 54.0 Å². The Morgan fingerprint density at radius 2 is 0.765 bits per heavy atom. The van der Waals surface area contributed by atoms with Gasteiger partial charge in [-0.05, 0) is 251 Å². The second-order valence-electron chi connectivity index (χ2n) is 36.8. The third kappa shape index (κ3) is 19.5. The molecule has 692 valence electrons. The van der Waals surface area contributed by atoms with E-state index in [0.29, 0.717) is 148 Å². The normalized spacial score (nSPS) is 18.0. The van der Waals surface area contributed by atoms with Crippen LogP contribution in [-0.2, 0) is 40.1 Å². The van der Waals surface area contributed by atoms with E-state index in [1.54, 1.807) is 59.8 Å². The molecule has 31 nitrogen and oxygen atoms in total. The minimum absolute atomic E-state index is 0.0213. The number of carbonyl (C=O) groups is 4. The molecule has 10 N–H and O–H groups in total. The zero-order chi connectivity index (χ0) is 92.8. The van der Waals surface area contributed by atoms with E-state index >= 15 is 0 Å². The number of likely N-dealkylation sites (tertiary alicyclic amines) is 4. The summed E-state index contributed by atoms with van der Waals surface area (Å²) in [4.78, 5) is 142. The lowest BCUT2D eigenvalue weighted by Gasteiger charge is -2.36. The number of hydrogen-bond acceptors (Lipinski definition) is 14. The molecule has 2 aliphatic carbocycles. The van der Waals surface area contributed by atoms with Crippen LogP contribution in [-0.4, -0.2) is 221 Å². The van der Waals surface area contributed by atoms with Gasteiger partial charge in [-0.25, -0.2) is 33.5 Å². The summed E-state index contributed by atoms with van der Waals surface area (Å²) in [5.41, 5.74) is 8.50. The van der Waals surface area contributed by atoms with E-state index < -0.39 is 23.3 Å². The van der Waals surface area contributed by atoms with Crippen LogP contribution in [0.4, 0.5) is 26.7 Å². The van der Waals surface area contributed by atoms with Crippen molar-refractivity contribution in [3.05, 3.63) is 232 Å². The average molecular weight is 1810 g/mol. The van der Waals surface area contributed by atoms with Gasteiger partial charge in [-0.2, -0.15) is 31.9 Å². The molecule has 8 aromatic heterocycles. The Labute approximate surface area is 753 Å². The minimum Gasteiger partial charge on any atom is -0.381 e. The Bertz CT molecular complexity index is 6680. The van der Waals surface area contributed by atoms with Crippen molar-refractivity contribution in [2.24, 2.45) is 23.7 Å². The number of imidazole rings is 4. The number of rotatable bonds is 19. The summed E-state index contributed by atoms with van der Waals surface area (Å²) in [5.74, 6) is 0.944. The number of nitrogens with one attached hydrogen (secondary N) is 8. The number of aliphatic hydroxyl groups is 2. The summed E-state index contributed by atoms with van der Waals surface area (Å²) in [6, 6.07) is 42.6. The van der Waals surface area contributed by atoms with E-state index in [-0.39, 0.29) is 82.6 Å². The van der Waals surface area contributed by atoms with E-state index in [1.807, 2.05) is 107 Å². The molecule has 2 saturated carbocycles. The van der Waals surface area contributed by atoms with Gasteiger partial charge in [0.05, 0.1) is 55.5 Å². The summed E-state index contributed by atoms with van der Waals surface area (Å²) >= 11 is 0. The van der Waals surface area contributed by atoms with Gasteiger partial charge >= 0.3 is 12.2 Å². The molecule has 6 aliphatic rings. The van der Waals surface area contributed by atoms with Crippen LogP contribution in [0.1, 0.15) is 157 Å². The van der Waals surface area contributed by atoms with E-state index in [2.05, 4.69) is 60.3 Å². The Morgan fingerprint density at radius 3 is 1.14 bits per heavy atom. The fourth-order valence-corrected chi connectivity index (χ4v) is 18.7. The Kier molecular flexibility index (Phi) is 25.6. The summed E-state index contributed by atoms with van der Waals surface area (Å²) in [7, 11) is 3.57. The molecule has 3 unspecified atom stereocenters. The monoisotopic (exact) mass is 1810 g/mol. The lowest BCUT2D eigenvalue weighted by atomic mass is 9.89. The standard InChI is InChI=1S/C26H28FN5O3.C24H28F3N5O3.C24H24FN5O2.C22H28N6O2/c1-26(2,35)24(34)31-13-5-6-16(15-31)14-19-22(17-9-11-18(27)12-10-17)30-32(23(19)33)25-28-20-7-3-4-8-21(20)29-25;1-23(35,24(25,26)27)21(34)31-12-10-14(11-13-31)6-9-16-19(15-7-8-15)30-32(20(16)33)22-28-17-4-2-3-5-18(17)29-22;1-15(31)29-12-4-5-16(14-29)13-19-22(17-8-10-18(25)11-9-17)28-30(23(19)32)24-26-20-6-2-3-7-21(20)27-24;1-26(2)22(30)27-11-5-6-14(13-27)12-16-19(15-9-10-15)25-28(20(16)29)21-23-17-7-3-4-8-18(17)24-21/h3-4,7-12,16,30,35H,5-6,13-15H2,1-2H3,(H,28,29);2-5,14-15,30,35H,6-13H2,1H3,(H,28,29);2-3,6-11,16,28H,4-5,12-14H2,1H3,(H,26,27);3-4,7-8,14-15,25H,5-6,9-13H2,1-2H3,(H,23,24)/t;23-;;/m.1../s1. The number of para-hydroxylation sites is 8. The van der Waals surface area contributed by atoms with Gasteiger partial charge in [0.2, 0.25) is 35.3 Å². The minimum atomic E-state index is -5.02. The first-order valence-electron chi connectivity index (χ1n) is 45.3. The molecule has 20 rings (SSSR count). The predicted molar refractivity (Wildman–Crippen MR) is 488 cm³/mol. The highest BCUT2D eigenvalue weighted by Gasteiger charge is 2.57. The third-order valence-corrected chi connectivity index (χ3v) is 26.2. The number of urea groups is 1. The number of aromatic nitrogens is 16. The molecule has 6 aromatic carbocycles. The molecule has 0 bridgehead atoms. The van der Waals surface area contributed by atoms with Gasteiger partial charge in [0, 0.05) is 130 Å². The SMILES string of the molecule is CC(=O)N1CCCC(Cc2c(-c3ccc(F)cc3)[nH]n(-c3nc4ccccc4[nH]3)c2=O)C1.CC(C)(O)C(=O)N1CCCC(Cc2c(-c3ccc(F)cc3)[nH]n(-c3nc4ccccc4[nH]3)c2=O)C1.CN(C)C(=O)N1CCCC(Cc2c(C3CC3)[nH]n(-c3nc4ccccc4[nH]3)c2=O)C1.C[C@@](O)(C(=O)N1CCC(CCc2c(C3CC3)[nH]n(-c3nc4ccccc4[nH]3)c2=O)CC1)C(F)(F)F. The molecule has 4 atom stereocenters. The number of alkyl halides is 3. The Morgan fingerprint density at radius 1 is 0.417 bits per heavy atom. The van der Waals surface area contributed by atoms with E-state index in [1.165, 1.54) is 52.2 Å². The quantitative estimate of drug-likeness (QED) is 0.0337. The van der Waals surface area contributed by atoms with Crippen LogP contribution < -0.4 is 22.2 Å². The van der Waals surface area contributed by atoms with Crippen molar-refractivity contribution in [1.82, 2.24) is 103 Å². The molecule has 0 spiro atoms. The lowest BCUT2D eigenvalue weighted by Crippen LogP contribution is -2.57. The Hall–Kier alpha value is -13.5. The zero-order valence-corrected chi connectivity index (χ0v) is 74.4. The summed E-state index contributed by atoms with van der Waals surface area (Å²) in [5, 5.41) is 32.8. The molecular formula is C96H108F5N21O10. The number of fused-ring (bicyclic) bond motifs is 4. The third-order valence-electron chi connectivity index (χ3n) is 26.2. The van der Waals surface area contributed by atoms with Crippen LogP contribution >= 0.6 is 0 Å². The van der Waals surface area contributed by atoms with E-state index in [4.69, 9.17) is 0 Å². The largest absolute Gasteiger partial charge is 0.426 e. The summed E-state index contributed by atoms with van der Waals surface area (Å²) < 4.78 is 72.0. The number of hydrogen-bond donors (Lipinski definition) is 10. The van der Waals surface area contributed by atoms with Gasteiger partial charge in [0.1, 0.15) is 17.2 Å². The smallest absolute Gasteiger partial charge is 0.381 e. The van der Waals surface area contributed by atoms with Crippen molar-refractivity contribution < 1.29 is 51.3 Å². The zero-order valence-electron chi connectivity index (χ0n) is 74.4.